The maximum atomic E-state index is 11.0. The van der Waals surface area contributed by atoms with Gasteiger partial charge in [0.05, 0.1) is 0 Å². The van der Waals surface area contributed by atoms with Crippen LogP contribution in [0.1, 0.15) is 46.0 Å². The molecular formula is C10H20O2. The maximum absolute atomic E-state index is 11.0. The third-order valence-electron chi connectivity index (χ3n) is 1.78. The topological polar surface area (TPSA) is 26.3 Å². The average molecular weight is 172 g/mol. The highest BCUT2D eigenvalue weighted by Gasteiger charge is 1.99. The monoisotopic (exact) mass is 172 g/mol. The normalized spacial score (nSPS) is 10.2. The number of Topliss-reactive ketones (excluding diaryl/α,β-unsaturated/α-hetero) is 1. The van der Waals surface area contributed by atoms with Gasteiger partial charge in [0, 0.05) is 13.0 Å². The summed E-state index contributed by atoms with van der Waals surface area (Å²) in [6.45, 7) is 5.02. The number of rotatable bonds is 8. The smallest absolute Gasteiger partial charge is 0.158 e. The average Bonchev–Trinajstić information content (AvgIpc) is 2.09. The minimum atomic E-state index is 0.243. The van der Waals surface area contributed by atoms with E-state index < -0.39 is 0 Å². The summed E-state index contributed by atoms with van der Waals surface area (Å²) in [6, 6.07) is 0. The van der Waals surface area contributed by atoms with Gasteiger partial charge in [-0.1, -0.05) is 26.2 Å². The third-order valence-corrected chi connectivity index (χ3v) is 1.78. The predicted octanol–water partition coefficient (Wildman–Crippen LogP) is 2.56. The quantitative estimate of drug-likeness (QED) is 0.526. The van der Waals surface area contributed by atoms with Crippen molar-refractivity contribution in [3.05, 3.63) is 0 Å². The van der Waals surface area contributed by atoms with Crippen molar-refractivity contribution >= 4 is 5.78 Å². The Bertz CT molecular complexity index is 110. The predicted molar refractivity (Wildman–Crippen MR) is 50.3 cm³/mol. The van der Waals surface area contributed by atoms with Crippen LogP contribution in [0.4, 0.5) is 0 Å². The Morgan fingerprint density at radius 3 is 2.50 bits per heavy atom. The molecule has 0 bridgehead atoms. The summed E-state index contributed by atoms with van der Waals surface area (Å²) in [5.41, 5.74) is 0. The lowest BCUT2D eigenvalue weighted by atomic mass is 10.1. The van der Waals surface area contributed by atoms with Crippen molar-refractivity contribution in [3.8, 4) is 0 Å². The molecule has 72 valence electrons. The Hall–Kier alpha value is -0.370. The van der Waals surface area contributed by atoms with Crippen molar-refractivity contribution in [2.75, 3.05) is 13.2 Å². The van der Waals surface area contributed by atoms with Crippen molar-refractivity contribution in [1.82, 2.24) is 0 Å². The lowest BCUT2D eigenvalue weighted by Gasteiger charge is -2.00. The molecule has 12 heavy (non-hydrogen) atoms. The first kappa shape index (κ1) is 11.6. The van der Waals surface area contributed by atoms with Gasteiger partial charge in [-0.2, -0.15) is 0 Å². The Kier molecular flexibility index (Phi) is 8.46. The number of ether oxygens (including phenoxy) is 1. The van der Waals surface area contributed by atoms with E-state index in [0.29, 0.717) is 19.6 Å². The molecule has 0 aromatic carbocycles. The Balaban J connectivity index is 3.08. The number of hydrogen-bond donors (Lipinski definition) is 0. The fraction of sp³-hybridized carbons (Fsp3) is 0.900. The minimum absolute atomic E-state index is 0.243. The van der Waals surface area contributed by atoms with E-state index in [0.717, 1.165) is 6.42 Å². The van der Waals surface area contributed by atoms with E-state index in [9.17, 15) is 4.79 Å². The van der Waals surface area contributed by atoms with E-state index in [2.05, 4.69) is 6.92 Å². The van der Waals surface area contributed by atoms with E-state index >= 15 is 0 Å². The van der Waals surface area contributed by atoms with Gasteiger partial charge in [-0.25, -0.2) is 0 Å². The number of ketones is 1. The largest absolute Gasteiger partial charge is 0.374 e. The number of carbonyl (C=O) groups is 1. The number of hydrogen-bond acceptors (Lipinski definition) is 2. The van der Waals surface area contributed by atoms with Gasteiger partial charge in [0.2, 0.25) is 0 Å². The molecule has 2 heteroatoms. The van der Waals surface area contributed by atoms with Crippen LogP contribution in [-0.4, -0.2) is 19.0 Å². The fourth-order valence-electron chi connectivity index (χ4n) is 1.04. The molecule has 0 saturated heterocycles. The summed E-state index contributed by atoms with van der Waals surface area (Å²) in [5, 5.41) is 0. The lowest BCUT2D eigenvalue weighted by Crippen LogP contribution is -2.07. The molecule has 0 rings (SSSR count). The van der Waals surface area contributed by atoms with Crippen LogP contribution in [0.2, 0.25) is 0 Å². The van der Waals surface area contributed by atoms with Crippen LogP contribution in [0.5, 0.6) is 0 Å². The van der Waals surface area contributed by atoms with E-state index in [4.69, 9.17) is 4.74 Å². The molecule has 0 aromatic rings. The van der Waals surface area contributed by atoms with Crippen molar-refractivity contribution in [3.63, 3.8) is 0 Å². The Morgan fingerprint density at radius 1 is 1.17 bits per heavy atom. The third kappa shape index (κ3) is 7.73. The van der Waals surface area contributed by atoms with E-state index in [1.165, 1.54) is 19.3 Å². The molecule has 0 fully saturated rings. The summed E-state index contributed by atoms with van der Waals surface area (Å²) in [5.74, 6) is 0.243. The molecule has 0 spiro atoms. The maximum Gasteiger partial charge on any atom is 0.158 e. The molecule has 0 unspecified atom stereocenters. The second-order valence-corrected chi connectivity index (χ2v) is 2.99. The van der Waals surface area contributed by atoms with Crippen molar-refractivity contribution in [1.29, 1.82) is 0 Å². The van der Waals surface area contributed by atoms with Gasteiger partial charge >= 0.3 is 0 Å². The van der Waals surface area contributed by atoms with Crippen molar-refractivity contribution in [2.45, 2.75) is 46.0 Å². The molecule has 0 heterocycles. The molecule has 0 amide bonds. The highest BCUT2D eigenvalue weighted by Crippen LogP contribution is 2.02. The Labute approximate surface area is 75.3 Å². The highest BCUT2D eigenvalue weighted by atomic mass is 16.5. The van der Waals surface area contributed by atoms with Gasteiger partial charge in [0.25, 0.3) is 0 Å². The molecule has 0 aliphatic carbocycles. The molecule has 0 saturated carbocycles. The molecule has 0 aromatic heterocycles. The first-order valence-corrected chi connectivity index (χ1v) is 4.90. The zero-order valence-corrected chi connectivity index (χ0v) is 8.27. The van der Waals surface area contributed by atoms with Crippen LogP contribution in [0.3, 0.4) is 0 Å². The van der Waals surface area contributed by atoms with Crippen LogP contribution >= 0.6 is 0 Å². The Morgan fingerprint density at radius 2 is 1.92 bits per heavy atom. The van der Waals surface area contributed by atoms with Gasteiger partial charge in [-0.3, -0.25) is 4.79 Å². The van der Waals surface area contributed by atoms with Gasteiger partial charge in [-0.15, -0.1) is 0 Å². The van der Waals surface area contributed by atoms with Crippen LogP contribution in [-0.2, 0) is 9.53 Å². The van der Waals surface area contributed by atoms with Gasteiger partial charge in [0.15, 0.2) is 5.78 Å². The first-order chi connectivity index (χ1) is 5.81. The summed E-state index contributed by atoms with van der Waals surface area (Å²) >= 11 is 0. The summed E-state index contributed by atoms with van der Waals surface area (Å²) in [6.07, 6.45) is 5.36. The van der Waals surface area contributed by atoms with E-state index in [-0.39, 0.29) is 5.78 Å². The van der Waals surface area contributed by atoms with E-state index in [1.54, 1.807) is 0 Å². The molecule has 0 atom stereocenters. The van der Waals surface area contributed by atoms with Gasteiger partial charge in [0.1, 0.15) is 6.61 Å². The molecule has 0 aliphatic rings. The SMILES string of the molecule is CCCCCCC(=O)COCC. The zero-order valence-electron chi connectivity index (χ0n) is 8.27. The van der Waals surface area contributed by atoms with Crippen molar-refractivity contribution < 1.29 is 9.53 Å². The van der Waals surface area contributed by atoms with Crippen LogP contribution < -0.4 is 0 Å². The van der Waals surface area contributed by atoms with Crippen LogP contribution in [0.25, 0.3) is 0 Å². The second kappa shape index (κ2) is 8.72. The second-order valence-electron chi connectivity index (χ2n) is 2.99. The standard InChI is InChI=1S/C10H20O2/c1-3-5-6-7-8-10(11)9-12-4-2/h3-9H2,1-2H3. The van der Waals surface area contributed by atoms with Crippen LogP contribution in [0, 0.1) is 0 Å². The summed E-state index contributed by atoms with van der Waals surface area (Å²) in [4.78, 5) is 11.0. The number of carbonyl (C=O) groups excluding carboxylic acids is 1. The van der Waals surface area contributed by atoms with Gasteiger partial charge < -0.3 is 4.74 Å². The minimum Gasteiger partial charge on any atom is -0.374 e. The zero-order chi connectivity index (χ0) is 9.23. The molecule has 0 aliphatic heterocycles. The molecule has 0 radical (unpaired) electrons. The summed E-state index contributed by atoms with van der Waals surface area (Å²) in [7, 11) is 0. The lowest BCUT2D eigenvalue weighted by molar-refractivity contribution is -0.123. The molecular weight excluding hydrogens is 152 g/mol. The van der Waals surface area contributed by atoms with Crippen molar-refractivity contribution in [2.24, 2.45) is 0 Å². The van der Waals surface area contributed by atoms with Gasteiger partial charge in [-0.05, 0) is 13.3 Å². The van der Waals surface area contributed by atoms with Crippen LogP contribution in [0.15, 0.2) is 0 Å². The number of unbranched alkanes of at least 4 members (excludes halogenated alkanes) is 3. The van der Waals surface area contributed by atoms with E-state index in [1.807, 2.05) is 6.92 Å². The highest BCUT2D eigenvalue weighted by molar-refractivity contribution is 5.79. The fourth-order valence-corrected chi connectivity index (χ4v) is 1.04. The molecule has 2 nitrogen and oxygen atoms in total. The summed E-state index contributed by atoms with van der Waals surface area (Å²) < 4.78 is 5.00. The molecule has 0 N–H and O–H groups in total. The first-order valence-electron chi connectivity index (χ1n) is 4.90.